The molecule has 0 radical (unpaired) electrons. The highest BCUT2D eigenvalue weighted by Crippen LogP contribution is 2.58. The number of ether oxygens (including phenoxy) is 2. The maximum absolute atomic E-state index is 14.3. The van der Waals surface area contributed by atoms with Gasteiger partial charge in [-0.3, -0.25) is 24.1 Å². The summed E-state index contributed by atoms with van der Waals surface area (Å²) in [5, 5.41) is 19.0. The average Bonchev–Trinajstić information content (AvgIpc) is 3.37. The molecule has 254 valence electrons. The highest BCUT2D eigenvalue weighted by atomic mass is 16.5. The van der Waals surface area contributed by atoms with E-state index >= 15 is 0 Å². The number of hydrogen-bond acceptors (Lipinski definition) is 10. The minimum atomic E-state index is -0.795. The summed E-state index contributed by atoms with van der Waals surface area (Å²) in [6, 6.07) is 17.3. The Bertz CT molecular complexity index is 2050. The third kappa shape index (κ3) is 5.29. The van der Waals surface area contributed by atoms with E-state index in [9.17, 15) is 24.3 Å². The molecule has 3 aliphatic carbocycles. The fraction of sp³-hybridized carbons (Fsp3) is 0.282. The second kappa shape index (κ2) is 12.6. The molecule has 11 heteroatoms. The van der Waals surface area contributed by atoms with Crippen LogP contribution in [0, 0.1) is 17.8 Å². The first-order valence-corrected chi connectivity index (χ1v) is 16.3. The number of Topliss-reactive ketones (excluding diaryl/α,β-unsaturated/α-hetero) is 1. The van der Waals surface area contributed by atoms with Crippen molar-refractivity contribution in [3.05, 3.63) is 101 Å². The summed E-state index contributed by atoms with van der Waals surface area (Å²) in [5.41, 5.74) is 4.86. The fourth-order valence-corrected chi connectivity index (χ4v) is 7.76. The topological polar surface area (TPSA) is 138 Å². The summed E-state index contributed by atoms with van der Waals surface area (Å²) in [6.45, 7) is 1.61. The Hall–Kier alpha value is -5.84. The van der Waals surface area contributed by atoms with Gasteiger partial charge in [-0.25, -0.2) is 0 Å². The van der Waals surface area contributed by atoms with Crippen LogP contribution in [0.25, 0.3) is 0 Å². The molecule has 3 aromatic carbocycles. The maximum atomic E-state index is 14.3. The number of hydrogen-bond donors (Lipinski definition) is 1. The number of phenols is 1. The van der Waals surface area contributed by atoms with Gasteiger partial charge in [-0.05, 0) is 80.3 Å². The van der Waals surface area contributed by atoms with Gasteiger partial charge in [0.1, 0.15) is 17.2 Å². The first-order chi connectivity index (χ1) is 24.0. The molecule has 4 aliphatic rings. The molecule has 0 aromatic heterocycles. The number of methoxy groups -OCH3 is 2. The van der Waals surface area contributed by atoms with Crippen molar-refractivity contribution in [2.75, 3.05) is 38.1 Å². The molecule has 4 atom stereocenters. The zero-order valence-electron chi connectivity index (χ0n) is 28.3. The van der Waals surface area contributed by atoms with Crippen molar-refractivity contribution in [1.29, 1.82) is 0 Å². The lowest BCUT2D eigenvalue weighted by atomic mass is 9.59. The number of nitrogens with zero attached hydrogens (tertiary/aromatic N) is 4. The maximum Gasteiger partial charge on any atom is 0.238 e. The van der Waals surface area contributed by atoms with Crippen LogP contribution in [0.3, 0.4) is 0 Å². The van der Waals surface area contributed by atoms with Crippen molar-refractivity contribution in [1.82, 2.24) is 0 Å². The van der Waals surface area contributed by atoms with Gasteiger partial charge in [-0.2, -0.15) is 10.2 Å². The van der Waals surface area contributed by atoms with E-state index in [1.165, 1.54) is 37.3 Å². The van der Waals surface area contributed by atoms with Crippen LogP contribution in [0.1, 0.15) is 31.2 Å². The van der Waals surface area contributed by atoms with Gasteiger partial charge >= 0.3 is 0 Å². The number of azo groups is 1. The molecular formula is C39H36N4O7. The predicted molar refractivity (Wildman–Crippen MR) is 186 cm³/mol. The zero-order chi connectivity index (χ0) is 35.4. The van der Waals surface area contributed by atoms with Crippen LogP contribution in [0.2, 0.25) is 0 Å². The number of carbonyl (C=O) groups is 4. The Morgan fingerprint density at radius 1 is 0.840 bits per heavy atom. The fourth-order valence-electron chi connectivity index (χ4n) is 7.76. The number of imide groups is 1. The number of carbonyl (C=O) groups excluding carboxylic acids is 4. The Morgan fingerprint density at radius 2 is 1.44 bits per heavy atom. The van der Waals surface area contributed by atoms with E-state index in [1.54, 1.807) is 31.2 Å². The number of benzene rings is 3. The van der Waals surface area contributed by atoms with Crippen LogP contribution < -0.4 is 19.3 Å². The van der Waals surface area contributed by atoms with Gasteiger partial charge in [-0.15, -0.1) is 0 Å². The molecule has 7 rings (SSSR count). The number of anilines is 2. The molecule has 3 aromatic rings. The molecule has 1 saturated heterocycles. The molecule has 0 bridgehead atoms. The lowest BCUT2D eigenvalue weighted by Gasteiger charge is -2.42. The summed E-state index contributed by atoms with van der Waals surface area (Å²) < 4.78 is 11.4. The van der Waals surface area contributed by atoms with Crippen molar-refractivity contribution >= 4 is 46.1 Å². The van der Waals surface area contributed by atoms with Gasteiger partial charge in [0.15, 0.2) is 11.6 Å². The summed E-state index contributed by atoms with van der Waals surface area (Å²) >= 11 is 0. The normalized spacial score (nSPS) is 23.0. The molecule has 0 unspecified atom stereocenters. The van der Waals surface area contributed by atoms with Crippen molar-refractivity contribution in [2.45, 2.75) is 25.7 Å². The number of rotatable bonds is 7. The third-order valence-corrected chi connectivity index (χ3v) is 10.1. The van der Waals surface area contributed by atoms with E-state index in [2.05, 4.69) is 10.2 Å². The zero-order valence-corrected chi connectivity index (χ0v) is 28.3. The number of phenolic OH excluding ortho intramolecular Hbond substituents is 1. The second-order valence-electron chi connectivity index (χ2n) is 13.1. The van der Waals surface area contributed by atoms with Gasteiger partial charge in [0.05, 0.1) is 43.1 Å². The minimum absolute atomic E-state index is 0.0952. The van der Waals surface area contributed by atoms with Crippen molar-refractivity contribution in [3.8, 4) is 17.2 Å². The van der Waals surface area contributed by atoms with Crippen LogP contribution in [0.4, 0.5) is 22.7 Å². The standard InChI is InChI=1S/C39H36N4O7/c1-20-16-30(45)29-19-28-26(34(35(29)37(20)46)36-31(49-4)17-25(44)18-32(36)50-5)14-15-27-33(28)39(48)43(38(27)47)24-12-8-22(9-13-24)41-40-21-6-10-23(11-7-21)42(2)3/h6-14,16-18,27-28,33-34,44H,15,19H2,1-5H3/t27-,28+,33-,34-/m0/s1. The summed E-state index contributed by atoms with van der Waals surface area (Å²) in [5.74, 6) is -3.54. The van der Waals surface area contributed by atoms with E-state index in [4.69, 9.17) is 9.47 Å². The highest BCUT2D eigenvalue weighted by Gasteiger charge is 2.57. The van der Waals surface area contributed by atoms with Gasteiger partial charge in [-0.1, -0.05) is 11.6 Å². The van der Waals surface area contributed by atoms with Crippen molar-refractivity contribution < 1.29 is 33.8 Å². The second-order valence-corrected chi connectivity index (χ2v) is 13.1. The molecule has 1 heterocycles. The number of amides is 2. The van der Waals surface area contributed by atoms with Gasteiger partial charge in [0, 0.05) is 60.1 Å². The van der Waals surface area contributed by atoms with Crippen molar-refractivity contribution in [3.63, 3.8) is 0 Å². The third-order valence-electron chi connectivity index (χ3n) is 10.1. The Morgan fingerprint density at radius 3 is 2.02 bits per heavy atom. The monoisotopic (exact) mass is 672 g/mol. The molecule has 0 spiro atoms. The Balaban J connectivity index is 1.23. The Kier molecular flexibility index (Phi) is 8.21. The molecule has 11 nitrogen and oxygen atoms in total. The first-order valence-electron chi connectivity index (χ1n) is 16.3. The summed E-state index contributed by atoms with van der Waals surface area (Å²) in [6.07, 6.45) is 3.68. The quantitative estimate of drug-likeness (QED) is 0.130. The SMILES string of the molecule is COc1cc(O)cc(OC)c1[C@H]1C2=CC[C@@H]3C(=O)N(c4ccc(N=Nc5ccc(N(C)C)cc5)cc4)C(=O)[C@@H]3[C@@H]2CC2=C1C(=O)C(C)=CC2=O. The van der Waals surface area contributed by atoms with Crippen LogP contribution in [-0.4, -0.2) is 56.8 Å². The molecule has 50 heavy (non-hydrogen) atoms. The number of fused-ring (bicyclic) bond motifs is 3. The highest BCUT2D eigenvalue weighted by molar-refractivity contribution is 6.25. The summed E-state index contributed by atoms with van der Waals surface area (Å²) in [7, 11) is 6.82. The largest absolute Gasteiger partial charge is 0.508 e. The number of aromatic hydroxyl groups is 1. The molecule has 1 aliphatic heterocycles. The molecule has 1 fully saturated rings. The van der Waals surface area contributed by atoms with E-state index in [1.807, 2.05) is 49.3 Å². The van der Waals surface area contributed by atoms with E-state index < -0.39 is 23.7 Å². The van der Waals surface area contributed by atoms with Gasteiger partial charge in [0.2, 0.25) is 11.8 Å². The van der Waals surface area contributed by atoms with Crippen LogP contribution in [-0.2, 0) is 19.2 Å². The number of ketones is 2. The summed E-state index contributed by atoms with van der Waals surface area (Å²) in [4.78, 5) is 58.9. The lowest BCUT2D eigenvalue weighted by molar-refractivity contribution is -0.123. The van der Waals surface area contributed by atoms with E-state index in [0.29, 0.717) is 39.3 Å². The molecular weight excluding hydrogens is 636 g/mol. The van der Waals surface area contributed by atoms with Gasteiger partial charge in [0.25, 0.3) is 0 Å². The van der Waals surface area contributed by atoms with Crippen LogP contribution in [0.15, 0.2) is 105 Å². The molecule has 2 amide bonds. The van der Waals surface area contributed by atoms with E-state index in [-0.39, 0.29) is 53.5 Å². The van der Waals surface area contributed by atoms with E-state index in [0.717, 1.165) is 11.3 Å². The van der Waals surface area contributed by atoms with Crippen LogP contribution >= 0.6 is 0 Å². The molecule has 1 N–H and O–H groups in total. The minimum Gasteiger partial charge on any atom is -0.508 e. The van der Waals surface area contributed by atoms with Gasteiger partial charge < -0.3 is 19.5 Å². The average molecular weight is 673 g/mol. The lowest BCUT2D eigenvalue weighted by Crippen LogP contribution is -2.40. The first kappa shape index (κ1) is 32.7. The van der Waals surface area contributed by atoms with Crippen LogP contribution in [0.5, 0.6) is 17.2 Å². The smallest absolute Gasteiger partial charge is 0.238 e. The predicted octanol–water partition coefficient (Wildman–Crippen LogP) is 6.52. The molecule has 0 saturated carbocycles. The Labute approximate surface area is 289 Å². The van der Waals surface area contributed by atoms with Crippen molar-refractivity contribution in [2.24, 2.45) is 28.0 Å². The number of allylic oxidation sites excluding steroid dienone is 6.